The Kier molecular flexibility index (Phi) is 2.14. The lowest BCUT2D eigenvalue weighted by Gasteiger charge is -2.27. The minimum atomic E-state index is 0.566. The average Bonchev–Trinajstić information content (AvgIpc) is 2.63. The minimum Gasteiger partial charge on any atom is -0.370 e. The zero-order chi connectivity index (χ0) is 9.76. The third kappa shape index (κ3) is 1.34. The molecule has 0 aromatic rings. The molecule has 1 aliphatic carbocycles. The van der Waals surface area contributed by atoms with E-state index in [2.05, 4.69) is 25.6 Å². The molecule has 3 rings (SSSR count). The van der Waals surface area contributed by atoms with Crippen molar-refractivity contribution in [2.24, 2.45) is 17.3 Å². The van der Waals surface area contributed by atoms with Crippen molar-refractivity contribution in [3.63, 3.8) is 0 Å². The van der Waals surface area contributed by atoms with Crippen molar-refractivity contribution in [1.29, 1.82) is 0 Å². The van der Waals surface area contributed by atoms with Crippen LogP contribution in [-0.4, -0.2) is 23.7 Å². The van der Waals surface area contributed by atoms with Gasteiger partial charge in [0.25, 0.3) is 0 Å². The molecule has 5 unspecified atom stereocenters. The van der Waals surface area contributed by atoms with Gasteiger partial charge in [0.05, 0.1) is 12.2 Å². The molecule has 0 bridgehead atoms. The molecule has 0 aromatic heterocycles. The van der Waals surface area contributed by atoms with Crippen molar-refractivity contribution in [3.8, 4) is 0 Å². The van der Waals surface area contributed by atoms with Gasteiger partial charge in [-0.1, -0.05) is 6.92 Å². The normalized spacial score (nSPS) is 57.0. The maximum absolute atomic E-state index is 5.65. The molecule has 14 heavy (non-hydrogen) atoms. The summed E-state index contributed by atoms with van der Waals surface area (Å²) in [6.45, 7) is 4.70. The zero-order valence-electron chi connectivity index (χ0n) is 9.16. The van der Waals surface area contributed by atoms with Crippen LogP contribution in [0.25, 0.3) is 0 Å². The van der Waals surface area contributed by atoms with E-state index in [9.17, 15) is 0 Å². The molecule has 1 saturated carbocycles. The highest BCUT2D eigenvalue weighted by Crippen LogP contribution is 2.57. The highest BCUT2D eigenvalue weighted by Gasteiger charge is 2.53. The summed E-state index contributed by atoms with van der Waals surface area (Å²) in [4.78, 5) is 0. The van der Waals surface area contributed by atoms with Gasteiger partial charge in [0.2, 0.25) is 0 Å². The Bertz CT molecular complexity index is 234. The molecule has 3 aliphatic rings. The maximum Gasteiger partial charge on any atom is 0.0867 e. The van der Waals surface area contributed by atoms with Crippen LogP contribution >= 0.6 is 11.8 Å². The first-order valence-corrected chi connectivity index (χ1v) is 7.10. The molecule has 0 aromatic carbocycles. The van der Waals surface area contributed by atoms with E-state index in [4.69, 9.17) is 4.74 Å². The van der Waals surface area contributed by atoms with Crippen molar-refractivity contribution >= 4 is 11.8 Å². The summed E-state index contributed by atoms with van der Waals surface area (Å²) in [6.07, 6.45) is 5.54. The van der Waals surface area contributed by atoms with E-state index in [1.165, 1.54) is 30.8 Å². The molecule has 0 radical (unpaired) electrons. The highest BCUT2D eigenvalue weighted by molar-refractivity contribution is 7.99. The van der Waals surface area contributed by atoms with E-state index in [0.29, 0.717) is 17.6 Å². The van der Waals surface area contributed by atoms with Crippen LogP contribution in [0, 0.1) is 17.3 Å². The lowest BCUT2D eigenvalue weighted by molar-refractivity contribution is 0.248. The molecule has 1 spiro atoms. The number of epoxide rings is 1. The first-order valence-electron chi connectivity index (χ1n) is 5.94. The zero-order valence-corrected chi connectivity index (χ0v) is 9.98. The van der Waals surface area contributed by atoms with E-state index >= 15 is 0 Å². The Morgan fingerprint density at radius 2 is 2.14 bits per heavy atom. The highest BCUT2D eigenvalue weighted by atomic mass is 32.2. The number of hydrogen-bond donors (Lipinski definition) is 0. The van der Waals surface area contributed by atoms with Gasteiger partial charge in [0.15, 0.2) is 0 Å². The Hall–Kier alpha value is 0.310. The summed E-state index contributed by atoms with van der Waals surface area (Å²) >= 11 is 2.17. The maximum atomic E-state index is 5.65. The molecular formula is C12H20OS. The summed E-state index contributed by atoms with van der Waals surface area (Å²) in [5.41, 5.74) is 0.709. The smallest absolute Gasteiger partial charge is 0.0867 e. The molecule has 80 valence electrons. The fourth-order valence-corrected chi connectivity index (χ4v) is 5.28. The lowest BCUT2D eigenvalue weighted by Crippen LogP contribution is -2.23. The molecule has 2 heterocycles. The third-order valence-electron chi connectivity index (χ3n) is 4.73. The van der Waals surface area contributed by atoms with Gasteiger partial charge in [-0.25, -0.2) is 0 Å². The predicted molar refractivity (Wildman–Crippen MR) is 60.6 cm³/mol. The first kappa shape index (κ1) is 9.53. The lowest BCUT2D eigenvalue weighted by atomic mass is 9.78. The second-order valence-electron chi connectivity index (χ2n) is 5.57. The fourth-order valence-electron chi connectivity index (χ4n) is 3.63. The second-order valence-corrected chi connectivity index (χ2v) is 6.68. The summed E-state index contributed by atoms with van der Waals surface area (Å²) in [5, 5.41) is 0. The Labute approximate surface area is 91.0 Å². The number of ether oxygens (including phenoxy) is 1. The molecule has 0 N–H and O–H groups in total. The molecule has 1 nitrogen and oxygen atoms in total. The molecule has 2 heteroatoms. The molecule has 2 aliphatic heterocycles. The van der Waals surface area contributed by atoms with Gasteiger partial charge in [-0.3, -0.25) is 0 Å². The van der Waals surface area contributed by atoms with Gasteiger partial charge >= 0.3 is 0 Å². The van der Waals surface area contributed by atoms with Crippen molar-refractivity contribution in [2.75, 3.05) is 11.5 Å². The second kappa shape index (κ2) is 3.15. The standard InChI is InChI=1S/C12H20OS/c1-8-5-10(11-9(2)13-11)6-12(8)3-4-14-7-12/h8-11H,3-7H2,1-2H3. The van der Waals surface area contributed by atoms with Crippen molar-refractivity contribution in [2.45, 2.75) is 45.3 Å². The molecule has 5 atom stereocenters. The van der Waals surface area contributed by atoms with Gasteiger partial charge in [-0.15, -0.1) is 0 Å². The molecule has 2 saturated heterocycles. The molecule has 0 amide bonds. The van der Waals surface area contributed by atoms with Gasteiger partial charge < -0.3 is 4.74 Å². The Morgan fingerprint density at radius 1 is 1.36 bits per heavy atom. The van der Waals surface area contributed by atoms with Crippen molar-refractivity contribution in [1.82, 2.24) is 0 Å². The summed E-state index contributed by atoms with van der Waals surface area (Å²) in [6, 6.07) is 0. The summed E-state index contributed by atoms with van der Waals surface area (Å²) in [5.74, 6) is 4.65. The summed E-state index contributed by atoms with van der Waals surface area (Å²) < 4.78 is 5.65. The Morgan fingerprint density at radius 3 is 2.71 bits per heavy atom. The monoisotopic (exact) mass is 212 g/mol. The van der Waals surface area contributed by atoms with Gasteiger partial charge in [-0.2, -0.15) is 11.8 Å². The van der Waals surface area contributed by atoms with E-state index in [1.54, 1.807) is 0 Å². The SMILES string of the molecule is CC1OC1C1CC(C)C2(CCSC2)C1. The van der Waals surface area contributed by atoms with Crippen LogP contribution in [0.1, 0.15) is 33.1 Å². The minimum absolute atomic E-state index is 0.566. The van der Waals surface area contributed by atoms with Crippen molar-refractivity contribution in [3.05, 3.63) is 0 Å². The van der Waals surface area contributed by atoms with Gasteiger partial charge in [0.1, 0.15) is 0 Å². The van der Waals surface area contributed by atoms with Crippen LogP contribution in [0.5, 0.6) is 0 Å². The molecule has 3 fully saturated rings. The third-order valence-corrected chi connectivity index (χ3v) is 6.00. The van der Waals surface area contributed by atoms with Crippen LogP contribution in [0.4, 0.5) is 0 Å². The molecular weight excluding hydrogens is 192 g/mol. The van der Waals surface area contributed by atoms with Crippen LogP contribution in [-0.2, 0) is 4.74 Å². The Balaban J connectivity index is 1.71. The summed E-state index contributed by atoms with van der Waals surface area (Å²) in [7, 11) is 0. The average molecular weight is 212 g/mol. The first-order chi connectivity index (χ1) is 6.71. The van der Waals surface area contributed by atoms with Crippen LogP contribution < -0.4 is 0 Å². The predicted octanol–water partition coefficient (Wildman–Crippen LogP) is 2.94. The topological polar surface area (TPSA) is 12.5 Å². The quantitative estimate of drug-likeness (QED) is 0.620. The number of hydrogen-bond acceptors (Lipinski definition) is 2. The largest absolute Gasteiger partial charge is 0.370 e. The van der Waals surface area contributed by atoms with Gasteiger partial charge in [0, 0.05) is 0 Å². The van der Waals surface area contributed by atoms with Crippen LogP contribution in [0.3, 0.4) is 0 Å². The van der Waals surface area contributed by atoms with Crippen LogP contribution in [0.15, 0.2) is 0 Å². The number of thioether (sulfide) groups is 1. The van der Waals surface area contributed by atoms with E-state index in [1.807, 2.05) is 0 Å². The van der Waals surface area contributed by atoms with Crippen LogP contribution in [0.2, 0.25) is 0 Å². The van der Waals surface area contributed by atoms with E-state index < -0.39 is 0 Å². The fraction of sp³-hybridized carbons (Fsp3) is 1.00. The van der Waals surface area contributed by atoms with E-state index in [0.717, 1.165) is 11.8 Å². The van der Waals surface area contributed by atoms with Crippen molar-refractivity contribution < 1.29 is 4.74 Å². The van der Waals surface area contributed by atoms with E-state index in [-0.39, 0.29) is 0 Å². The van der Waals surface area contributed by atoms with Gasteiger partial charge in [-0.05, 0) is 54.9 Å². The number of rotatable bonds is 1.